The van der Waals surface area contributed by atoms with Crippen LogP contribution >= 0.6 is 11.6 Å². The van der Waals surface area contributed by atoms with Crippen LogP contribution in [0.1, 0.15) is 18.2 Å². The highest BCUT2D eigenvalue weighted by molar-refractivity contribution is 6.20. The first-order valence-corrected chi connectivity index (χ1v) is 4.18. The number of rotatable bonds is 2. The highest BCUT2D eigenvalue weighted by Gasteiger charge is 2.13. The van der Waals surface area contributed by atoms with Gasteiger partial charge >= 0.3 is 0 Å². The van der Waals surface area contributed by atoms with Crippen molar-refractivity contribution >= 4 is 11.6 Å². The van der Waals surface area contributed by atoms with Gasteiger partial charge < -0.3 is 9.51 Å². The maximum atomic E-state index is 5.75. The number of aromatic amines is 1. The van der Waals surface area contributed by atoms with Crippen molar-refractivity contribution in [1.29, 1.82) is 0 Å². The molecular formula is C7H7ClN4O. The van der Waals surface area contributed by atoms with Crippen LogP contribution in [0.3, 0.4) is 0 Å². The third-order valence-corrected chi connectivity index (χ3v) is 1.68. The summed E-state index contributed by atoms with van der Waals surface area (Å²) in [6.45, 7) is 1.76. The maximum Gasteiger partial charge on any atom is 0.244 e. The zero-order valence-corrected chi connectivity index (χ0v) is 7.62. The van der Waals surface area contributed by atoms with Crippen LogP contribution in [0.5, 0.6) is 0 Å². The number of nitrogens with one attached hydrogen (secondary N) is 1. The second-order valence-corrected chi connectivity index (χ2v) is 3.16. The minimum atomic E-state index is -0.281. The summed E-state index contributed by atoms with van der Waals surface area (Å²) >= 11 is 5.75. The van der Waals surface area contributed by atoms with Crippen molar-refractivity contribution in [2.75, 3.05) is 0 Å². The van der Waals surface area contributed by atoms with Crippen LogP contribution in [0.2, 0.25) is 0 Å². The molecule has 0 amide bonds. The third kappa shape index (κ3) is 1.55. The smallest absolute Gasteiger partial charge is 0.244 e. The van der Waals surface area contributed by atoms with Crippen molar-refractivity contribution in [2.24, 2.45) is 0 Å². The Labute approximate surface area is 79.1 Å². The van der Waals surface area contributed by atoms with Crippen LogP contribution in [0, 0.1) is 0 Å². The first-order chi connectivity index (χ1) is 6.27. The lowest BCUT2D eigenvalue weighted by Gasteiger charge is -1.89. The fraction of sp³-hybridized carbons (Fsp3) is 0.286. The molecule has 0 fully saturated rings. The highest BCUT2D eigenvalue weighted by Crippen LogP contribution is 2.19. The molecule has 0 aromatic carbocycles. The number of hydrogen-bond acceptors (Lipinski definition) is 4. The zero-order valence-electron chi connectivity index (χ0n) is 6.86. The van der Waals surface area contributed by atoms with Gasteiger partial charge in [0.15, 0.2) is 5.82 Å². The summed E-state index contributed by atoms with van der Waals surface area (Å²) in [6, 6.07) is 0. The van der Waals surface area contributed by atoms with Crippen molar-refractivity contribution in [3.8, 4) is 11.6 Å². The van der Waals surface area contributed by atoms with Crippen molar-refractivity contribution in [3.63, 3.8) is 0 Å². The number of alkyl halides is 1. The minimum absolute atomic E-state index is 0.281. The summed E-state index contributed by atoms with van der Waals surface area (Å²) in [7, 11) is 0. The van der Waals surface area contributed by atoms with Crippen LogP contribution in [-0.2, 0) is 0 Å². The maximum absolute atomic E-state index is 5.75. The van der Waals surface area contributed by atoms with Gasteiger partial charge in [-0.1, -0.05) is 5.16 Å². The second kappa shape index (κ2) is 3.18. The Balaban J connectivity index is 2.33. The molecule has 1 N–H and O–H groups in total. The fourth-order valence-corrected chi connectivity index (χ4v) is 0.969. The molecule has 2 aromatic heterocycles. The number of imidazole rings is 1. The van der Waals surface area contributed by atoms with Crippen molar-refractivity contribution in [1.82, 2.24) is 20.1 Å². The molecule has 0 spiro atoms. The molecule has 2 aromatic rings. The standard InChI is InChI=1S/C7H7ClN4O/c1-4(8)7-11-6(12-13-7)5-9-2-3-10-5/h2-4H,1H3,(H,9,10). The van der Waals surface area contributed by atoms with Crippen LogP contribution in [0.25, 0.3) is 11.6 Å². The summed E-state index contributed by atoms with van der Waals surface area (Å²) < 4.78 is 4.90. The van der Waals surface area contributed by atoms with Crippen molar-refractivity contribution < 1.29 is 4.52 Å². The van der Waals surface area contributed by atoms with E-state index in [9.17, 15) is 0 Å². The van der Waals surface area contributed by atoms with Crippen LogP contribution in [-0.4, -0.2) is 20.1 Å². The first kappa shape index (κ1) is 8.25. The van der Waals surface area contributed by atoms with Gasteiger partial charge in [-0.15, -0.1) is 11.6 Å². The van der Waals surface area contributed by atoms with Gasteiger partial charge in [-0.05, 0) is 6.92 Å². The molecular weight excluding hydrogens is 192 g/mol. The second-order valence-electron chi connectivity index (χ2n) is 2.51. The Morgan fingerprint density at radius 3 is 3.00 bits per heavy atom. The van der Waals surface area contributed by atoms with E-state index in [0.717, 1.165) is 0 Å². The molecule has 0 saturated heterocycles. The summed E-state index contributed by atoms with van der Waals surface area (Å²) in [5.74, 6) is 1.40. The summed E-state index contributed by atoms with van der Waals surface area (Å²) in [5, 5.41) is 3.43. The van der Waals surface area contributed by atoms with E-state index in [4.69, 9.17) is 16.1 Å². The van der Waals surface area contributed by atoms with Gasteiger partial charge in [0.25, 0.3) is 0 Å². The molecule has 0 bridgehead atoms. The van der Waals surface area contributed by atoms with Gasteiger partial charge in [-0.2, -0.15) is 4.98 Å². The lowest BCUT2D eigenvalue weighted by molar-refractivity contribution is 0.379. The van der Waals surface area contributed by atoms with E-state index in [-0.39, 0.29) is 5.38 Å². The SMILES string of the molecule is CC(Cl)c1nc(-c2ncc[nH]2)no1. The van der Waals surface area contributed by atoms with Crippen LogP contribution < -0.4 is 0 Å². The summed E-state index contributed by atoms with van der Waals surface area (Å²) in [5.41, 5.74) is 0. The molecule has 2 heterocycles. The van der Waals surface area contributed by atoms with E-state index < -0.39 is 0 Å². The van der Waals surface area contributed by atoms with Gasteiger partial charge in [-0.25, -0.2) is 4.98 Å². The Hall–Kier alpha value is -1.36. The number of aromatic nitrogens is 4. The lowest BCUT2D eigenvalue weighted by atomic mass is 10.5. The molecule has 2 rings (SSSR count). The Morgan fingerprint density at radius 1 is 1.62 bits per heavy atom. The number of H-pyrrole nitrogens is 1. The molecule has 0 radical (unpaired) electrons. The summed E-state index contributed by atoms with van der Waals surface area (Å²) in [4.78, 5) is 10.9. The fourth-order valence-electron chi connectivity index (χ4n) is 0.881. The lowest BCUT2D eigenvalue weighted by Crippen LogP contribution is -1.85. The van der Waals surface area contributed by atoms with Gasteiger partial charge in [0.05, 0.1) is 0 Å². The predicted molar refractivity (Wildman–Crippen MR) is 46.1 cm³/mol. The van der Waals surface area contributed by atoms with Crippen molar-refractivity contribution in [3.05, 3.63) is 18.3 Å². The zero-order chi connectivity index (χ0) is 9.26. The van der Waals surface area contributed by atoms with Gasteiger partial charge in [0, 0.05) is 12.4 Å². The molecule has 1 atom stereocenters. The average Bonchev–Trinajstić information content (AvgIpc) is 2.75. The topological polar surface area (TPSA) is 67.6 Å². The van der Waals surface area contributed by atoms with E-state index in [2.05, 4.69) is 20.1 Å². The van der Waals surface area contributed by atoms with E-state index >= 15 is 0 Å². The van der Waals surface area contributed by atoms with E-state index in [1.54, 1.807) is 19.3 Å². The van der Waals surface area contributed by atoms with Crippen LogP contribution in [0.4, 0.5) is 0 Å². The van der Waals surface area contributed by atoms with E-state index in [1.807, 2.05) is 0 Å². The molecule has 0 saturated carbocycles. The summed E-state index contributed by atoms with van der Waals surface area (Å²) in [6.07, 6.45) is 3.31. The quantitative estimate of drug-likeness (QED) is 0.747. The highest BCUT2D eigenvalue weighted by atomic mass is 35.5. The van der Waals surface area contributed by atoms with Gasteiger partial charge in [0.2, 0.25) is 11.7 Å². The molecule has 1 unspecified atom stereocenters. The monoisotopic (exact) mass is 198 g/mol. The van der Waals surface area contributed by atoms with E-state index in [0.29, 0.717) is 17.5 Å². The largest absolute Gasteiger partial charge is 0.342 e. The predicted octanol–water partition coefficient (Wildman–Crippen LogP) is 1.76. The molecule has 0 aliphatic heterocycles. The molecule has 68 valence electrons. The Morgan fingerprint density at radius 2 is 2.46 bits per heavy atom. The normalized spacial score (nSPS) is 13.1. The van der Waals surface area contributed by atoms with Crippen molar-refractivity contribution in [2.45, 2.75) is 12.3 Å². The first-order valence-electron chi connectivity index (χ1n) is 3.75. The number of hydrogen-bond donors (Lipinski definition) is 1. The molecule has 0 aliphatic rings. The number of nitrogens with zero attached hydrogens (tertiary/aromatic N) is 3. The Kier molecular flexibility index (Phi) is 2.02. The molecule has 5 nitrogen and oxygen atoms in total. The van der Waals surface area contributed by atoms with Gasteiger partial charge in [-0.3, -0.25) is 0 Å². The molecule has 0 aliphatic carbocycles. The third-order valence-electron chi connectivity index (χ3n) is 1.49. The van der Waals surface area contributed by atoms with E-state index in [1.165, 1.54) is 0 Å². The van der Waals surface area contributed by atoms with Crippen LogP contribution in [0.15, 0.2) is 16.9 Å². The number of halogens is 1. The average molecular weight is 199 g/mol. The molecule has 6 heteroatoms. The van der Waals surface area contributed by atoms with Gasteiger partial charge in [0.1, 0.15) is 5.38 Å². The minimum Gasteiger partial charge on any atom is -0.342 e. The Bertz CT molecular complexity index is 381. The molecule has 13 heavy (non-hydrogen) atoms.